The summed E-state index contributed by atoms with van der Waals surface area (Å²) in [5.41, 5.74) is 0.991. The Morgan fingerprint density at radius 1 is 1.03 bits per heavy atom. The quantitative estimate of drug-likeness (QED) is 0.297. The third-order valence-corrected chi connectivity index (χ3v) is 9.07. The first-order valence-electron chi connectivity index (χ1n) is 13.3. The van der Waals surface area contributed by atoms with Crippen LogP contribution in [-0.4, -0.2) is 50.0 Å². The minimum absolute atomic E-state index is 0.0234. The summed E-state index contributed by atoms with van der Waals surface area (Å²) in [5, 5.41) is 4.25. The third-order valence-electron chi connectivity index (χ3n) is 6.97. The SMILES string of the molecule is CCC(C(=O)NC1CCCCC1)N(Cc1ccccc1Cl)C(=O)CCCN(c1cc(Cl)ccc1Cl)S(C)(=O)=O. The van der Waals surface area contributed by atoms with Crippen LogP contribution >= 0.6 is 34.8 Å². The van der Waals surface area contributed by atoms with E-state index in [9.17, 15) is 18.0 Å². The lowest BCUT2D eigenvalue weighted by atomic mass is 9.95. The van der Waals surface area contributed by atoms with Crippen molar-refractivity contribution >= 4 is 62.3 Å². The fraction of sp³-hybridized carbons (Fsp3) is 0.500. The van der Waals surface area contributed by atoms with Crippen LogP contribution in [0.4, 0.5) is 5.69 Å². The number of carbonyl (C=O) groups excluding carboxylic acids is 2. The average Bonchev–Trinajstić information content (AvgIpc) is 2.89. The molecule has 214 valence electrons. The highest BCUT2D eigenvalue weighted by Gasteiger charge is 2.31. The van der Waals surface area contributed by atoms with E-state index in [2.05, 4.69) is 5.32 Å². The molecule has 2 aromatic carbocycles. The van der Waals surface area contributed by atoms with Gasteiger partial charge >= 0.3 is 0 Å². The zero-order valence-corrected chi connectivity index (χ0v) is 25.4. The van der Waals surface area contributed by atoms with Gasteiger partial charge in [-0.05, 0) is 55.5 Å². The molecule has 39 heavy (non-hydrogen) atoms. The van der Waals surface area contributed by atoms with E-state index in [-0.39, 0.29) is 54.5 Å². The van der Waals surface area contributed by atoms with Gasteiger partial charge in [0.1, 0.15) is 6.04 Å². The number of carbonyl (C=O) groups is 2. The van der Waals surface area contributed by atoms with E-state index in [4.69, 9.17) is 34.8 Å². The van der Waals surface area contributed by atoms with Gasteiger partial charge in [-0.1, -0.05) is 79.2 Å². The van der Waals surface area contributed by atoms with Crippen molar-refractivity contribution in [1.29, 1.82) is 0 Å². The molecule has 0 aromatic heterocycles. The Hall–Kier alpha value is -2.00. The standard InChI is InChI=1S/C28H36Cl3N3O4S/c1-3-25(28(36)32-22-11-5-4-6-12-22)33(19-20-10-7-8-13-23(20)30)27(35)14-9-17-34(39(2,37)38)26-18-21(29)15-16-24(26)31/h7-8,10,13,15-16,18,22,25H,3-6,9,11-12,14,17,19H2,1-2H3,(H,32,36). The van der Waals surface area contributed by atoms with Crippen LogP contribution in [0, 0.1) is 0 Å². The third kappa shape index (κ3) is 9.00. The van der Waals surface area contributed by atoms with E-state index >= 15 is 0 Å². The number of nitrogens with zero attached hydrogens (tertiary/aromatic N) is 2. The fourth-order valence-corrected chi connectivity index (χ4v) is 6.53. The molecule has 3 rings (SSSR count). The van der Waals surface area contributed by atoms with E-state index in [0.29, 0.717) is 16.5 Å². The molecule has 0 saturated heterocycles. The lowest BCUT2D eigenvalue weighted by molar-refractivity contribution is -0.141. The summed E-state index contributed by atoms with van der Waals surface area (Å²) in [6.45, 7) is 2.07. The van der Waals surface area contributed by atoms with Gasteiger partial charge < -0.3 is 10.2 Å². The van der Waals surface area contributed by atoms with Crippen LogP contribution in [0.25, 0.3) is 0 Å². The highest BCUT2D eigenvalue weighted by molar-refractivity contribution is 7.92. The number of nitrogens with one attached hydrogen (secondary N) is 1. The Balaban J connectivity index is 1.79. The topological polar surface area (TPSA) is 86.8 Å². The predicted octanol–water partition coefficient (Wildman–Crippen LogP) is 6.45. The summed E-state index contributed by atoms with van der Waals surface area (Å²) in [7, 11) is -3.70. The number of halogens is 3. The van der Waals surface area contributed by atoms with E-state index in [1.807, 2.05) is 25.1 Å². The second kappa shape index (κ2) is 14.6. The van der Waals surface area contributed by atoms with Crippen molar-refractivity contribution in [2.24, 2.45) is 0 Å². The largest absolute Gasteiger partial charge is 0.352 e. The molecule has 0 heterocycles. The highest BCUT2D eigenvalue weighted by Crippen LogP contribution is 2.31. The number of hydrogen-bond donors (Lipinski definition) is 1. The van der Waals surface area contributed by atoms with E-state index in [0.717, 1.165) is 41.8 Å². The van der Waals surface area contributed by atoms with Crippen LogP contribution in [0.3, 0.4) is 0 Å². The molecule has 2 aromatic rings. The molecule has 1 N–H and O–H groups in total. The molecule has 2 amide bonds. The Kier molecular flexibility index (Phi) is 11.8. The first kappa shape index (κ1) is 31.5. The van der Waals surface area contributed by atoms with Crippen LogP contribution in [0.15, 0.2) is 42.5 Å². The van der Waals surface area contributed by atoms with Gasteiger partial charge in [0.05, 0.1) is 17.0 Å². The number of amides is 2. The van der Waals surface area contributed by atoms with Crippen LogP contribution in [0.1, 0.15) is 63.9 Å². The van der Waals surface area contributed by atoms with E-state index in [1.54, 1.807) is 17.0 Å². The minimum Gasteiger partial charge on any atom is -0.352 e. The van der Waals surface area contributed by atoms with Crippen molar-refractivity contribution in [3.8, 4) is 0 Å². The summed E-state index contributed by atoms with van der Waals surface area (Å²) >= 11 is 18.8. The molecule has 1 fully saturated rings. The molecule has 1 saturated carbocycles. The Morgan fingerprint density at radius 3 is 2.36 bits per heavy atom. The maximum atomic E-state index is 13.6. The van der Waals surface area contributed by atoms with E-state index < -0.39 is 16.1 Å². The number of sulfonamides is 1. The monoisotopic (exact) mass is 615 g/mol. The summed E-state index contributed by atoms with van der Waals surface area (Å²) < 4.78 is 26.3. The summed E-state index contributed by atoms with van der Waals surface area (Å²) in [5.74, 6) is -0.431. The molecule has 0 bridgehead atoms. The molecule has 1 unspecified atom stereocenters. The molecule has 1 aliphatic carbocycles. The maximum absolute atomic E-state index is 13.6. The van der Waals surface area contributed by atoms with Gasteiger partial charge in [-0.2, -0.15) is 0 Å². The van der Waals surface area contributed by atoms with Crippen molar-refractivity contribution in [2.75, 3.05) is 17.1 Å². The number of anilines is 1. The zero-order valence-electron chi connectivity index (χ0n) is 22.3. The van der Waals surface area contributed by atoms with Crippen LogP contribution in [0.5, 0.6) is 0 Å². The number of benzene rings is 2. The van der Waals surface area contributed by atoms with Crippen molar-refractivity contribution in [3.05, 3.63) is 63.1 Å². The van der Waals surface area contributed by atoms with E-state index in [1.165, 1.54) is 18.6 Å². The molecule has 11 heteroatoms. The average molecular weight is 617 g/mol. The second-order valence-corrected chi connectivity index (χ2v) is 13.1. The number of rotatable bonds is 12. The lowest BCUT2D eigenvalue weighted by Crippen LogP contribution is -2.51. The van der Waals surface area contributed by atoms with Gasteiger partial charge in [0, 0.05) is 35.6 Å². The summed E-state index contributed by atoms with van der Waals surface area (Å²) in [6, 6.07) is 11.3. The van der Waals surface area contributed by atoms with Crippen LogP contribution < -0.4 is 9.62 Å². The van der Waals surface area contributed by atoms with Gasteiger partial charge in [0.25, 0.3) is 0 Å². The maximum Gasteiger partial charge on any atom is 0.243 e. The molecule has 1 atom stereocenters. The van der Waals surface area contributed by atoms with Crippen molar-refractivity contribution in [3.63, 3.8) is 0 Å². The minimum atomic E-state index is -3.70. The van der Waals surface area contributed by atoms with Gasteiger partial charge in [0.15, 0.2) is 0 Å². The highest BCUT2D eigenvalue weighted by atomic mass is 35.5. The number of hydrogen-bond acceptors (Lipinski definition) is 4. The van der Waals surface area contributed by atoms with Gasteiger partial charge in [0.2, 0.25) is 21.8 Å². The Bertz CT molecular complexity index is 1250. The summed E-state index contributed by atoms with van der Waals surface area (Å²) in [6.07, 6.45) is 6.97. The van der Waals surface area contributed by atoms with Crippen molar-refractivity contribution in [2.45, 2.75) is 76.9 Å². The summed E-state index contributed by atoms with van der Waals surface area (Å²) in [4.78, 5) is 28.6. The van der Waals surface area contributed by atoms with Crippen LogP contribution in [-0.2, 0) is 26.2 Å². The second-order valence-electron chi connectivity index (χ2n) is 9.92. The molecule has 7 nitrogen and oxygen atoms in total. The van der Waals surface area contributed by atoms with Crippen LogP contribution in [0.2, 0.25) is 15.1 Å². The van der Waals surface area contributed by atoms with Gasteiger partial charge in [-0.15, -0.1) is 0 Å². The molecule has 1 aliphatic rings. The fourth-order valence-electron chi connectivity index (χ4n) is 4.93. The molecular formula is C28H36Cl3N3O4S. The van der Waals surface area contributed by atoms with Crippen molar-refractivity contribution in [1.82, 2.24) is 10.2 Å². The smallest absolute Gasteiger partial charge is 0.243 e. The first-order valence-corrected chi connectivity index (χ1v) is 16.3. The van der Waals surface area contributed by atoms with Crippen molar-refractivity contribution < 1.29 is 18.0 Å². The predicted molar refractivity (Wildman–Crippen MR) is 159 cm³/mol. The zero-order chi connectivity index (χ0) is 28.6. The normalized spacial score (nSPS) is 15.0. The molecule has 0 radical (unpaired) electrons. The first-order chi connectivity index (χ1) is 18.5. The molecule has 0 aliphatic heterocycles. The van der Waals surface area contributed by atoms with Gasteiger partial charge in [-0.25, -0.2) is 8.42 Å². The Labute approximate surface area is 246 Å². The molecular weight excluding hydrogens is 581 g/mol. The molecule has 0 spiro atoms. The lowest BCUT2D eigenvalue weighted by Gasteiger charge is -2.33. The Morgan fingerprint density at radius 2 is 1.72 bits per heavy atom. The van der Waals surface area contributed by atoms with Gasteiger partial charge in [-0.3, -0.25) is 13.9 Å².